The van der Waals surface area contributed by atoms with Crippen LogP contribution in [0.25, 0.3) is 0 Å². The normalized spacial score (nSPS) is 25.0. The van der Waals surface area contributed by atoms with E-state index in [0.29, 0.717) is 25.0 Å². The Bertz CT molecular complexity index is 514. The maximum atomic E-state index is 10.5. The van der Waals surface area contributed by atoms with Gasteiger partial charge in [0.25, 0.3) is 0 Å². The highest BCUT2D eigenvalue weighted by Crippen LogP contribution is 2.40. The fourth-order valence-corrected chi connectivity index (χ4v) is 3.96. The van der Waals surface area contributed by atoms with Crippen LogP contribution in [0.2, 0.25) is 0 Å². The van der Waals surface area contributed by atoms with Gasteiger partial charge in [-0.25, -0.2) is 0 Å². The van der Waals surface area contributed by atoms with E-state index in [1.165, 1.54) is 25.7 Å². The first kappa shape index (κ1) is 19.3. The zero-order valence-electron chi connectivity index (χ0n) is 15.5. The van der Waals surface area contributed by atoms with Gasteiger partial charge in [-0.3, -0.25) is 0 Å². The fraction of sp³-hybridized carbons (Fsp3) is 0.714. The minimum atomic E-state index is -0.479. The maximum Gasteiger partial charge on any atom is 0.119 e. The molecule has 3 N–H and O–H groups in total. The van der Waals surface area contributed by atoms with Crippen LogP contribution in [-0.4, -0.2) is 27.5 Å². The SMILES string of the molecule is CCCCCCC(C)(C)c1ccc(C2CC(O)CC(O)C2)c(O)c1. The van der Waals surface area contributed by atoms with Gasteiger partial charge in [0.05, 0.1) is 12.2 Å². The predicted molar refractivity (Wildman–Crippen MR) is 98.5 cm³/mol. The number of phenolic OH excluding ortho intramolecular Hbond substituents is 1. The van der Waals surface area contributed by atoms with E-state index < -0.39 is 12.2 Å². The Balaban J connectivity index is 2.08. The zero-order chi connectivity index (χ0) is 17.7. The van der Waals surface area contributed by atoms with Gasteiger partial charge in [0.1, 0.15) is 5.75 Å². The molecule has 24 heavy (non-hydrogen) atoms. The van der Waals surface area contributed by atoms with E-state index in [2.05, 4.69) is 26.8 Å². The molecule has 1 aromatic rings. The van der Waals surface area contributed by atoms with E-state index in [4.69, 9.17) is 0 Å². The molecule has 2 atom stereocenters. The van der Waals surface area contributed by atoms with Crippen molar-refractivity contribution in [2.75, 3.05) is 0 Å². The van der Waals surface area contributed by atoms with Gasteiger partial charge in [0, 0.05) is 0 Å². The van der Waals surface area contributed by atoms with Crippen molar-refractivity contribution in [2.24, 2.45) is 0 Å². The summed E-state index contributed by atoms with van der Waals surface area (Å²) in [6.45, 7) is 6.70. The lowest BCUT2D eigenvalue weighted by Gasteiger charge is -2.31. The summed E-state index contributed by atoms with van der Waals surface area (Å²) >= 11 is 0. The Labute approximate surface area is 146 Å². The number of benzene rings is 1. The number of hydrogen-bond acceptors (Lipinski definition) is 3. The molecule has 3 heteroatoms. The molecule has 0 heterocycles. The summed E-state index contributed by atoms with van der Waals surface area (Å²) < 4.78 is 0. The largest absolute Gasteiger partial charge is 0.508 e. The monoisotopic (exact) mass is 334 g/mol. The minimum absolute atomic E-state index is 0.0328. The Hall–Kier alpha value is -1.06. The maximum absolute atomic E-state index is 10.5. The molecule has 0 saturated heterocycles. The molecule has 0 aromatic heterocycles. The summed E-state index contributed by atoms with van der Waals surface area (Å²) in [5.41, 5.74) is 2.07. The van der Waals surface area contributed by atoms with Gasteiger partial charge in [-0.05, 0) is 54.2 Å². The molecule has 2 unspecified atom stereocenters. The van der Waals surface area contributed by atoms with E-state index in [1.807, 2.05) is 12.1 Å². The number of hydrogen-bond donors (Lipinski definition) is 3. The first-order valence-electron chi connectivity index (χ1n) is 9.53. The second-order valence-electron chi connectivity index (χ2n) is 8.18. The lowest BCUT2D eigenvalue weighted by atomic mass is 9.77. The Morgan fingerprint density at radius 1 is 1.00 bits per heavy atom. The van der Waals surface area contributed by atoms with Crippen molar-refractivity contribution in [3.8, 4) is 5.75 Å². The van der Waals surface area contributed by atoms with Gasteiger partial charge >= 0.3 is 0 Å². The quantitative estimate of drug-likeness (QED) is 0.637. The molecule has 0 aliphatic heterocycles. The molecule has 3 nitrogen and oxygen atoms in total. The highest BCUT2D eigenvalue weighted by atomic mass is 16.3. The third-order valence-electron chi connectivity index (χ3n) is 5.56. The average Bonchev–Trinajstić information content (AvgIpc) is 2.50. The van der Waals surface area contributed by atoms with Gasteiger partial charge < -0.3 is 15.3 Å². The van der Waals surface area contributed by atoms with E-state index in [1.54, 1.807) is 0 Å². The van der Waals surface area contributed by atoms with Gasteiger partial charge in [-0.2, -0.15) is 0 Å². The third-order valence-corrected chi connectivity index (χ3v) is 5.56. The van der Waals surface area contributed by atoms with Crippen molar-refractivity contribution in [2.45, 2.75) is 95.7 Å². The van der Waals surface area contributed by atoms with E-state index in [0.717, 1.165) is 17.5 Å². The van der Waals surface area contributed by atoms with Crippen LogP contribution in [0.4, 0.5) is 0 Å². The average molecular weight is 335 g/mol. The van der Waals surface area contributed by atoms with Gasteiger partial charge in [-0.15, -0.1) is 0 Å². The smallest absolute Gasteiger partial charge is 0.119 e. The van der Waals surface area contributed by atoms with Crippen molar-refractivity contribution in [3.63, 3.8) is 0 Å². The first-order valence-corrected chi connectivity index (χ1v) is 9.53. The number of aliphatic hydroxyl groups is 2. The molecule has 0 spiro atoms. The molecule has 1 aromatic carbocycles. The predicted octanol–water partition coefficient (Wildman–Crippen LogP) is 4.63. The molecule has 1 fully saturated rings. The molecule has 0 bridgehead atoms. The second kappa shape index (κ2) is 8.35. The third kappa shape index (κ3) is 4.97. The van der Waals surface area contributed by atoms with Gasteiger partial charge in [-0.1, -0.05) is 58.6 Å². The summed E-state index contributed by atoms with van der Waals surface area (Å²) in [6.07, 6.45) is 6.84. The number of aromatic hydroxyl groups is 1. The topological polar surface area (TPSA) is 60.7 Å². The lowest BCUT2D eigenvalue weighted by Crippen LogP contribution is -2.28. The highest BCUT2D eigenvalue weighted by Gasteiger charge is 2.30. The molecule has 2 rings (SSSR count). The summed E-state index contributed by atoms with van der Waals surface area (Å²) in [7, 11) is 0. The summed E-state index contributed by atoms with van der Waals surface area (Å²) in [5, 5.41) is 30.3. The van der Waals surface area contributed by atoms with E-state index in [-0.39, 0.29) is 11.3 Å². The molecule has 1 aliphatic rings. The van der Waals surface area contributed by atoms with Crippen LogP contribution in [0.1, 0.15) is 89.2 Å². The molecule has 0 amide bonds. The number of unbranched alkanes of at least 4 members (excludes halogenated alkanes) is 3. The fourth-order valence-electron chi connectivity index (χ4n) is 3.96. The molecular formula is C21H34O3. The standard InChI is InChI=1S/C21H34O3/c1-4-5-6-7-10-21(2,3)16-8-9-19(20(24)13-16)15-11-17(22)14-18(23)12-15/h8-9,13,15,17-18,22-24H,4-7,10-12,14H2,1-3H3. The van der Waals surface area contributed by atoms with Crippen LogP contribution in [0.15, 0.2) is 18.2 Å². The summed E-state index contributed by atoms with van der Waals surface area (Å²) in [4.78, 5) is 0. The molecule has 136 valence electrons. The Kier molecular flexibility index (Phi) is 6.70. The van der Waals surface area contributed by atoms with Gasteiger partial charge in [0.2, 0.25) is 0 Å². The van der Waals surface area contributed by atoms with Crippen molar-refractivity contribution >= 4 is 0 Å². The van der Waals surface area contributed by atoms with Crippen LogP contribution >= 0.6 is 0 Å². The van der Waals surface area contributed by atoms with Crippen molar-refractivity contribution in [3.05, 3.63) is 29.3 Å². The van der Waals surface area contributed by atoms with Crippen molar-refractivity contribution in [1.82, 2.24) is 0 Å². The Morgan fingerprint density at radius 3 is 2.25 bits per heavy atom. The van der Waals surface area contributed by atoms with Crippen LogP contribution in [0, 0.1) is 0 Å². The van der Waals surface area contributed by atoms with Crippen LogP contribution in [0.3, 0.4) is 0 Å². The van der Waals surface area contributed by atoms with Crippen LogP contribution in [0.5, 0.6) is 5.75 Å². The first-order chi connectivity index (χ1) is 11.3. The van der Waals surface area contributed by atoms with Gasteiger partial charge in [0.15, 0.2) is 0 Å². The highest BCUT2D eigenvalue weighted by molar-refractivity contribution is 5.41. The number of aliphatic hydroxyl groups excluding tert-OH is 2. The summed E-state index contributed by atoms with van der Waals surface area (Å²) in [5.74, 6) is 0.339. The molecular weight excluding hydrogens is 300 g/mol. The van der Waals surface area contributed by atoms with Crippen LogP contribution in [-0.2, 0) is 5.41 Å². The van der Waals surface area contributed by atoms with Crippen molar-refractivity contribution < 1.29 is 15.3 Å². The summed E-state index contributed by atoms with van der Waals surface area (Å²) in [6, 6.07) is 6.00. The molecule has 1 aliphatic carbocycles. The van der Waals surface area contributed by atoms with Crippen LogP contribution < -0.4 is 0 Å². The zero-order valence-corrected chi connectivity index (χ0v) is 15.5. The van der Waals surface area contributed by atoms with E-state index in [9.17, 15) is 15.3 Å². The second-order valence-corrected chi connectivity index (χ2v) is 8.18. The molecule has 1 saturated carbocycles. The number of phenols is 1. The van der Waals surface area contributed by atoms with E-state index >= 15 is 0 Å². The number of rotatable bonds is 7. The Morgan fingerprint density at radius 2 is 1.67 bits per heavy atom. The minimum Gasteiger partial charge on any atom is -0.508 e. The van der Waals surface area contributed by atoms with Crippen molar-refractivity contribution in [1.29, 1.82) is 0 Å². The molecule has 0 radical (unpaired) electrons. The lowest BCUT2D eigenvalue weighted by molar-refractivity contribution is 0.0303.